The third kappa shape index (κ3) is 1.82. The highest BCUT2D eigenvalue weighted by Crippen LogP contribution is 2.24. The Morgan fingerprint density at radius 1 is 1.43 bits per heavy atom. The monoisotopic (exact) mass is 192 g/mol. The van der Waals surface area contributed by atoms with Gasteiger partial charge in [-0.15, -0.1) is 0 Å². The van der Waals surface area contributed by atoms with Crippen LogP contribution in [-0.4, -0.2) is 25.8 Å². The molecular formula is C11H16N2O. The summed E-state index contributed by atoms with van der Waals surface area (Å²) in [6.07, 6.45) is 0.295. The predicted octanol–water partition coefficient (Wildman–Crippen LogP) is 1.49. The molecule has 0 saturated carbocycles. The maximum atomic E-state index is 5.91. The number of para-hydroxylation sites is 2. The fraction of sp³-hybridized carbons (Fsp3) is 0.455. The molecular weight excluding hydrogens is 176 g/mol. The highest BCUT2D eigenvalue weighted by molar-refractivity contribution is 5.67. The maximum Gasteiger partial charge on any atom is 0.0722 e. The van der Waals surface area contributed by atoms with Gasteiger partial charge in [0.2, 0.25) is 0 Å². The standard InChI is InChI=1S/C11H16N2O/c1-9-8-13(6-7-14-9)11-5-3-2-4-10(11)12/h2-5,9H,6-8,12H2,1H3. The molecule has 1 aromatic carbocycles. The lowest BCUT2D eigenvalue weighted by molar-refractivity contribution is 0.0533. The Hall–Kier alpha value is -1.22. The van der Waals surface area contributed by atoms with Gasteiger partial charge in [0.05, 0.1) is 24.1 Å². The van der Waals surface area contributed by atoms with E-state index in [2.05, 4.69) is 17.9 Å². The van der Waals surface area contributed by atoms with Crippen molar-refractivity contribution >= 4 is 11.4 Å². The van der Waals surface area contributed by atoms with Crippen LogP contribution in [0.5, 0.6) is 0 Å². The van der Waals surface area contributed by atoms with E-state index in [4.69, 9.17) is 10.5 Å². The van der Waals surface area contributed by atoms with Crippen LogP contribution in [0.3, 0.4) is 0 Å². The van der Waals surface area contributed by atoms with Crippen molar-refractivity contribution in [3.8, 4) is 0 Å². The molecule has 1 atom stereocenters. The second-order valence-corrected chi connectivity index (χ2v) is 3.69. The van der Waals surface area contributed by atoms with Crippen LogP contribution in [0.2, 0.25) is 0 Å². The van der Waals surface area contributed by atoms with E-state index >= 15 is 0 Å². The molecule has 3 heteroatoms. The minimum Gasteiger partial charge on any atom is -0.397 e. The second-order valence-electron chi connectivity index (χ2n) is 3.69. The molecule has 1 fully saturated rings. The molecule has 1 saturated heterocycles. The summed E-state index contributed by atoms with van der Waals surface area (Å²) in [5.74, 6) is 0. The third-order valence-corrected chi connectivity index (χ3v) is 2.52. The van der Waals surface area contributed by atoms with Crippen molar-refractivity contribution in [2.24, 2.45) is 0 Å². The van der Waals surface area contributed by atoms with E-state index in [0.717, 1.165) is 31.1 Å². The molecule has 1 aliphatic rings. The molecule has 2 N–H and O–H groups in total. The van der Waals surface area contributed by atoms with Gasteiger partial charge in [0, 0.05) is 13.1 Å². The Labute approximate surface area is 84.5 Å². The van der Waals surface area contributed by atoms with Crippen molar-refractivity contribution in [1.29, 1.82) is 0 Å². The van der Waals surface area contributed by atoms with Crippen LogP contribution >= 0.6 is 0 Å². The lowest BCUT2D eigenvalue weighted by Gasteiger charge is -2.33. The minimum atomic E-state index is 0.295. The molecule has 76 valence electrons. The Kier molecular flexibility index (Phi) is 2.59. The van der Waals surface area contributed by atoms with Crippen LogP contribution < -0.4 is 10.6 Å². The summed E-state index contributed by atoms with van der Waals surface area (Å²) >= 11 is 0. The molecule has 14 heavy (non-hydrogen) atoms. The van der Waals surface area contributed by atoms with Crippen LogP contribution in [0.4, 0.5) is 11.4 Å². The van der Waals surface area contributed by atoms with Crippen LogP contribution in [0.1, 0.15) is 6.92 Å². The van der Waals surface area contributed by atoms with Crippen molar-refractivity contribution in [3.63, 3.8) is 0 Å². The molecule has 2 rings (SSSR count). The number of ether oxygens (including phenoxy) is 1. The quantitative estimate of drug-likeness (QED) is 0.685. The number of hydrogen-bond donors (Lipinski definition) is 1. The molecule has 1 unspecified atom stereocenters. The molecule has 1 aromatic rings. The van der Waals surface area contributed by atoms with Crippen LogP contribution in [-0.2, 0) is 4.74 Å². The molecule has 0 bridgehead atoms. The zero-order valence-corrected chi connectivity index (χ0v) is 8.44. The Morgan fingerprint density at radius 3 is 2.93 bits per heavy atom. The summed E-state index contributed by atoms with van der Waals surface area (Å²) in [7, 11) is 0. The number of nitrogen functional groups attached to an aromatic ring is 1. The lowest BCUT2D eigenvalue weighted by Crippen LogP contribution is -2.41. The number of anilines is 2. The zero-order valence-electron chi connectivity index (χ0n) is 8.44. The second kappa shape index (κ2) is 3.88. The maximum absolute atomic E-state index is 5.91. The normalized spacial score (nSPS) is 22.4. The molecule has 0 amide bonds. The van der Waals surface area contributed by atoms with Crippen LogP contribution in [0.25, 0.3) is 0 Å². The Morgan fingerprint density at radius 2 is 2.21 bits per heavy atom. The topological polar surface area (TPSA) is 38.5 Å². The van der Waals surface area contributed by atoms with Gasteiger partial charge in [-0.2, -0.15) is 0 Å². The zero-order chi connectivity index (χ0) is 9.97. The average molecular weight is 192 g/mol. The number of nitrogens with two attached hydrogens (primary N) is 1. The largest absolute Gasteiger partial charge is 0.397 e. The number of morpholine rings is 1. The summed E-state index contributed by atoms with van der Waals surface area (Å²) in [6, 6.07) is 7.98. The van der Waals surface area contributed by atoms with Gasteiger partial charge in [0.1, 0.15) is 0 Å². The first-order chi connectivity index (χ1) is 6.77. The van der Waals surface area contributed by atoms with E-state index < -0.39 is 0 Å². The van der Waals surface area contributed by atoms with Gasteiger partial charge < -0.3 is 15.4 Å². The van der Waals surface area contributed by atoms with E-state index in [1.165, 1.54) is 0 Å². The number of rotatable bonds is 1. The molecule has 1 aliphatic heterocycles. The van der Waals surface area contributed by atoms with Crippen molar-refractivity contribution in [3.05, 3.63) is 24.3 Å². The fourth-order valence-corrected chi connectivity index (χ4v) is 1.81. The van der Waals surface area contributed by atoms with E-state index in [0.29, 0.717) is 6.10 Å². The molecule has 1 heterocycles. The van der Waals surface area contributed by atoms with E-state index in [1.807, 2.05) is 18.2 Å². The highest BCUT2D eigenvalue weighted by atomic mass is 16.5. The number of hydrogen-bond acceptors (Lipinski definition) is 3. The lowest BCUT2D eigenvalue weighted by atomic mass is 10.2. The molecule has 0 aromatic heterocycles. The minimum absolute atomic E-state index is 0.295. The van der Waals surface area contributed by atoms with Gasteiger partial charge in [-0.05, 0) is 19.1 Å². The van der Waals surface area contributed by atoms with Crippen LogP contribution in [0, 0.1) is 0 Å². The molecule has 0 radical (unpaired) electrons. The van der Waals surface area contributed by atoms with Gasteiger partial charge in [-0.25, -0.2) is 0 Å². The van der Waals surface area contributed by atoms with Crippen molar-refractivity contribution in [1.82, 2.24) is 0 Å². The van der Waals surface area contributed by atoms with Gasteiger partial charge >= 0.3 is 0 Å². The van der Waals surface area contributed by atoms with Gasteiger partial charge in [0.15, 0.2) is 0 Å². The fourth-order valence-electron chi connectivity index (χ4n) is 1.81. The van der Waals surface area contributed by atoms with Gasteiger partial charge in [0.25, 0.3) is 0 Å². The van der Waals surface area contributed by atoms with E-state index in [-0.39, 0.29) is 0 Å². The van der Waals surface area contributed by atoms with Crippen molar-refractivity contribution < 1.29 is 4.74 Å². The average Bonchev–Trinajstić information content (AvgIpc) is 2.18. The molecule has 3 nitrogen and oxygen atoms in total. The van der Waals surface area contributed by atoms with Crippen LogP contribution in [0.15, 0.2) is 24.3 Å². The first kappa shape index (κ1) is 9.34. The Balaban J connectivity index is 2.18. The summed E-state index contributed by atoms with van der Waals surface area (Å²) in [5.41, 5.74) is 7.89. The highest BCUT2D eigenvalue weighted by Gasteiger charge is 2.17. The summed E-state index contributed by atoms with van der Waals surface area (Å²) in [5, 5.41) is 0. The van der Waals surface area contributed by atoms with E-state index in [1.54, 1.807) is 0 Å². The molecule has 0 spiro atoms. The first-order valence-electron chi connectivity index (χ1n) is 4.98. The molecule has 0 aliphatic carbocycles. The summed E-state index contributed by atoms with van der Waals surface area (Å²) in [6.45, 7) is 4.73. The smallest absolute Gasteiger partial charge is 0.0722 e. The third-order valence-electron chi connectivity index (χ3n) is 2.52. The van der Waals surface area contributed by atoms with E-state index in [9.17, 15) is 0 Å². The Bertz CT molecular complexity index is 314. The first-order valence-corrected chi connectivity index (χ1v) is 4.98. The van der Waals surface area contributed by atoms with Crippen molar-refractivity contribution in [2.45, 2.75) is 13.0 Å². The van der Waals surface area contributed by atoms with Crippen molar-refractivity contribution in [2.75, 3.05) is 30.3 Å². The summed E-state index contributed by atoms with van der Waals surface area (Å²) < 4.78 is 5.49. The predicted molar refractivity (Wildman–Crippen MR) is 58.5 cm³/mol. The summed E-state index contributed by atoms with van der Waals surface area (Å²) in [4.78, 5) is 2.28. The SMILES string of the molecule is CC1CN(c2ccccc2N)CCO1. The number of nitrogens with zero attached hydrogens (tertiary/aromatic N) is 1. The van der Waals surface area contributed by atoms with Gasteiger partial charge in [-0.3, -0.25) is 0 Å². The van der Waals surface area contributed by atoms with Gasteiger partial charge in [-0.1, -0.05) is 12.1 Å². The number of benzene rings is 1.